The predicted molar refractivity (Wildman–Crippen MR) is 59.5 cm³/mol. The summed E-state index contributed by atoms with van der Waals surface area (Å²) in [5.41, 5.74) is 4.77. The Morgan fingerprint density at radius 2 is 1.94 bits per heavy atom. The van der Waals surface area contributed by atoms with Crippen LogP contribution >= 0.6 is 0 Å². The lowest BCUT2D eigenvalue weighted by molar-refractivity contribution is -0.121. The average Bonchev–Trinajstić information content (AvgIpc) is 2.09. The molecule has 0 aliphatic rings. The van der Waals surface area contributed by atoms with Crippen molar-refractivity contribution >= 4 is 21.8 Å². The van der Waals surface area contributed by atoms with Crippen molar-refractivity contribution in [3.63, 3.8) is 0 Å². The highest BCUT2D eigenvalue weighted by atomic mass is 32.2. The Kier molecular flexibility index (Phi) is 5.97. The summed E-state index contributed by atoms with van der Waals surface area (Å²) >= 11 is 0. The topological polar surface area (TPSA) is 118 Å². The molecule has 0 rings (SSSR count). The lowest BCUT2D eigenvalue weighted by Crippen LogP contribution is -2.46. The van der Waals surface area contributed by atoms with Crippen molar-refractivity contribution in [2.45, 2.75) is 19.4 Å². The smallest absolute Gasteiger partial charge is 0.318 e. The lowest BCUT2D eigenvalue weighted by Gasteiger charge is -2.11. The molecule has 0 bridgehead atoms. The van der Waals surface area contributed by atoms with Crippen LogP contribution in [0.1, 0.15) is 13.3 Å². The van der Waals surface area contributed by atoms with Gasteiger partial charge in [0.25, 0.3) is 0 Å². The molecule has 1 unspecified atom stereocenters. The van der Waals surface area contributed by atoms with Crippen LogP contribution in [0.25, 0.3) is 0 Å². The minimum absolute atomic E-state index is 0.0597. The van der Waals surface area contributed by atoms with Crippen LogP contribution in [0, 0.1) is 0 Å². The highest BCUT2D eigenvalue weighted by molar-refractivity contribution is 7.90. The second-order valence-corrected chi connectivity index (χ2v) is 5.77. The zero-order valence-electron chi connectivity index (χ0n) is 9.32. The van der Waals surface area contributed by atoms with Gasteiger partial charge in [0.15, 0.2) is 0 Å². The molecular formula is C8H17N3O4S. The number of imide groups is 1. The number of sulfone groups is 1. The fraction of sp³-hybridized carbons (Fsp3) is 0.750. The van der Waals surface area contributed by atoms with Crippen LogP contribution in [0.15, 0.2) is 0 Å². The van der Waals surface area contributed by atoms with Gasteiger partial charge in [0.2, 0.25) is 5.91 Å². The van der Waals surface area contributed by atoms with Gasteiger partial charge in [-0.1, -0.05) is 0 Å². The summed E-state index contributed by atoms with van der Waals surface area (Å²) < 4.78 is 21.6. The summed E-state index contributed by atoms with van der Waals surface area (Å²) in [6, 6.07) is -1.50. The molecule has 0 aromatic rings. The zero-order chi connectivity index (χ0) is 12.8. The van der Waals surface area contributed by atoms with E-state index in [1.165, 1.54) is 0 Å². The van der Waals surface area contributed by atoms with Gasteiger partial charge in [-0.05, 0) is 19.9 Å². The fourth-order valence-corrected chi connectivity index (χ4v) is 1.64. The number of nitrogens with one attached hydrogen (secondary N) is 2. The van der Waals surface area contributed by atoms with E-state index < -0.39 is 27.8 Å². The van der Waals surface area contributed by atoms with Crippen molar-refractivity contribution in [1.82, 2.24) is 10.6 Å². The zero-order valence-corrected chi connectivity index (χ0v) is 10.1. The Balaban J connectivity index is 3.77. The minimum atomic E-state index is -2.98. The van der Waals surface area contributed by atoms with E-state index in [2.05, 4.69) is 5.32 Å². The van der Waals surface area contributed by atoms with Crippen LogP contribution < -0.4 is 16.4 Å². The first kappa shape index (κ1) is 14.8. The summed E-state index contributed by atoms with van der Waals surface area (Å²) in [5, 5.41) is 4.69. The molecule has 0 heterocycles. The summed E-state index contributed by atoms with van der Waals surface area (Å²) in [4.78, 5) is 21.5. The Bertz CT molecular complexity index is 352. The van der Waals surface area contributed by atoms with Gasteiger partial charge in [-0.15, -0.1) is 0 Å². The van der Waals surface area contributed by atoms with Crippen molar-refractivity contribution in [1.29, 1.82) is 0 Å². The number of rotatable bonds is 6. The number of hydrogen-bond acceptors (Lipinski definition) is 5. The molecule has 4 N–H and O–H groups in total. The lowest BCUT2D eigenvalue weighted by atomic mass is 10.3. The van der Waals surface area contributed by atoms with E-state index in [1.54, 1.807) is 6.92 Å². The number of carbonyl (C=O) groups excluding carboxylic acids is 2. The number of urea groups is 1. The van der Waals surface area contributed by atoms with E-state index in [-0.39, 0.29) is 5.75 Å². The summed E-state index contributed by atoms with van der Waals surface area (Å²) in [6.45, 7) is 1.93. The third-order valence-electron chi connectivity index (χ3n) is 1.78. The normalized spacial score (nSPS) is 13.1. The molecule has 0 radical (unpaired) electrons. The maximum atomic E-state index is 11.2. The Hall–Kier alpha value is -1.15. The van der Waals surface area contributed by atoms with Crippen molar-refractivity contribution in [2.24, 2.45) is 5.73 Å². The monoisotopic (exact) mass is 251 g/mol. The van der Waals surface area contributed by atoms with Crippen LogP contribution in [-0.4, -0.2) is 45.0 Å². The molecule has 1 atom stereocenters. The largest absolute Gasteiger partial charge is 0.351 e. The van der Waals surface area contributed by atoms with Crippen LogP contribution in [0.2, 0.25) is 0 Å². The molecule has 0 spiro atoms. The van der Waals surface area contributed by atoms with Gasteiger partial charge < -0.3 is 11.1 Å². The van der Waals surface area contributed by atoms with Crippen molar-refractivity contribution in [2.75, 3.05) is 18.6 Å². The van der Waals surface area contributed by atoms with E-state index >= 15 is 0 Å². The molecule has 0 aromatic heterocycles. The molecule has 8 heteroatoms. The maximum absolute atomic E-state index is 11.2. The molecule has 7 nitrogen and oxygen atoms in total. The molecule has 0 fully saturated rings. The second-order valence-electron chi connectivity index (χ2n) is 3.51. The summed E-state index contributed by atoms with van der Waals surface area (Å²) in [5.74, 6) is -0.476. The standard InChI is InChI=1S/C8H17N3O4S/c1-6(7(12)11-8(9)13)10-4-3-5-16(2,14)15/h6,10H,3-5H2,1-2H3,(H3,9,11,12,13). The van der Waals surface area contributed by atoms with Crippen molar-refractivity contribution in [3.8, 4) is 0 Å². The van der Waals surface area contributed by atoms with Crippen molar-refractivity contribution in [3.05, 3.63) is 0 Å². The van der Waals surface area contributed by atoms with E-state index in [4.69, 9.17) is 5.73 Å². The average molecular weight is 251 g/mol. The predicted octanol–water partition coefficient (Wildman–Crippen LogP) is -1.41. The Morgan fingerprint density at radius 3 is 2.38 bits per heavy atom. The second kappa shape index (κ2) is 6.44. The molecule has 0 aliphatic carbocycles. The molecule has 0 aromatic carbocycles. The first-order valence-corrected chi connectivity index (χ1v) is 6.80. The van der Waals surface area contributed by atoms with Crippen LogP contribution in [0.5, 0.6) is 0 Å². The number of amides is 3. The van der Waals surface area contributed by atoms with Gasteiger partial charge in [-0.3, -0.25) is 10.1 Å². The van der Waals surface area contributed by atoms with E-state index in [0.29, 0.717) is 13.0 Å². The van der Waals surface area contributed by atoms with E-state index in [9.17, 15) is 18.0 Å². The van der Waals surface area contributed by atoms with Gasteiger partial charge in [-0.25, -0.2) is 13.2 Å². The number of hydrogen-bond donors (Lipinski definition) is 3. The van der Waals surface area contributed by atoms with Crippen LogP contribution in [0.3, 0.4) is 0 Å². The number of carbonyl (C=O) groups is 2. The molecule has 0 saturated carbocycles. The molecular weight excluding hydrogens is 234 g/mol. The molecule has 3 amide bonds. The molecule has 0 aliphatic heterocycles. The van der Waals surface area contributed by atoms with Crippen molar-refractivity contribution < 1.29 is 18.0 Å². The minimum Gasteiger partial charge on any atom is -0.351 e. The van der Waals surface area contributed by atoms with E-state index in [0.717, 1.165) is 6.26 Å². The van der Waals surface area contributed by atoms with Gasteiger partial charge >= 0.3 is 6.03 Å². The first-order chi connectivity index (χ1) is 7.22. The summed E-state index contributed by atoms with van der Waals surface area (Å²) in [6.07, 6.45) is 1.56. The van der Waals surface area contributed by atoms with E-state index in [1.807, 2.05) is 5.32 Å². The molecule has 0 saturated heterocycles. The number of nitrogens with two attached hydrogens (primary N) is 1. The summed E-state index contributed by atoms with van der Waals surface area (Å²) in [7, 11) is -2.98. The highest BCUT2D eigenvalue weighted by Gasteiger charge is 2.13. The third kappa shape index (κ3) is 8.18. The fourth-order valence-electron chi connectivity index (χ4n) is 0.975. The Labute approximate surface area is 94.7 Å². The molecule has 94 valence electrons. The highest BCUT2D eigenvalue weighted by Crippen LogP contribution is 1.89. The van der Waals surface area contributed by atoms with Gasteiger partial charge in [0.1, 0.15) is 9.84 Å². The Morgan fingerprint density at radius 1 is 1.38 bits per heavy atom. The number of primary amides is 1. The van der Waals surface area contributed by atoms with Gasteiger partial charge in [0, 0.05) is 6.26 Å². The van der Waals surface area contributed by atoms with Gasteiger partial charge in [-0.2, -0.15) is 0 Å². The quantitative estimate of drug-likeness (QED) is 0.501. The SMILES string of the molecule is CC(NCCCS(C)(=O)=O)C(=O)NC(N)=O. The van der Waals surface area contributed by atoms with Crippen LogP contribution in [-0.2, 0) is 14.6 Å². The maximum Gasteiger partial charge on any atom is 0.318 e. The van der Waals surface area contributed by atoms with Crippen LogP contribution in [0.4, 0.5) is 4.79 Å². The third-order valence-corrected chi connectivity index (χ3v) is 2.81. The first-order valence-electron chi connectivity index (χ1n) is 4.74. The molecule has 16 heavy (non-hydrogen) atoms. The van der Waals surface area contributed by atoms with Gasteiger partial charge in [0.05, 0.1) is 11.8 Å².